The average molecular weight is 443 g/mol. The second-order valence-electron chi connectivity index (χ2n) is 8.33. The van der Waals surface area contributed by atoms with Crippen molar-refractivity contribution in [3.05, 3.63) is 12.2 Å². The second-order valence-corrected chi connectivity index (χ2v) is 22.3. The molecule has 0 aromatic rings. The van der Waals surface area contributed by atoms with Gasteiger partial charge in [0.15, 0.2) is 0 Å². The molecule has 1 saturated carbocycles. The maximum atomic E-state index is 10.5. The summed E-state index contributed by atoms with van der Waals surface area (Å²) in [7, 11) is 0. The molecule has 0 aromatic carbocycles. The molecule has 1 aliphatic rings. The Balaban J connectivity index is 2.63. The van der Waals surface area contributed by atoms with E-state index < -0.39 is 18.4 Å². The molecule has 1 rings (SSSR count). The van der Waals surface area contributed by atoms with Crippen LogP contribution in [-0.2, 0) is 0 Å². The number of rotatable bonds is 13. The Bertz CT molecular complexity index is 298. The first-order valence-corrected chi connectivity index (χ1v) is 19.1. The third-order valence-corrected chi connectivity index (χ3v) is 21.5. The molecule has 1 nitrogen and oxygen atoms in total. The monoisotopic (exact) mass is 444 g/mol. The molecule has 2 heteroatoms. The summed E-state index contributed by atoms with van der Waals surface area (Å²) >= 11 is -2.02. The topological polar surface area (TPSA) is 20.2 Å². The molecule has 0 heterocycles. The summed E-state index contributed by atoms with van der Waals surface area (Å²) in [6.45, 7) is 7.04. The Morgan fingerprint density at radius 3 is 1.83 bits per heavy atom. The summed E-state index contributed by atoms with van der Waals surface area (Å²) in [6, 6.07) is 0. The van der Waals surface area contributed by atoms with Crippen LogP contribution in [0.2, 0.25) is 17.7 Å². The molecule has 0 radical (unpaired) electrons. The van der Waals surface area contributed by atoms with Crippen LogP contribution in [0.3, 0.4) is 0 Å². The first-order chi connectivity index (χ1) is 11.7. The number of allylic oxidation sites excluding steroid dienone is 1. The standard InChI is InChI=1S/C10H17O.3C4H9.Sn/c1-2-6-10(11)9-7-4-3-5-8-9;3*1-3-4-2;/h2,6,9-11H,1,3-5,7-8H2;3*1,3-4H2,2H3;/b6-2+;;;;. The van der Waals surface area contributed by atoms with Crippen LogP contribution in [-0.4, -0.2) is 29.6 Å². The van der Waals surface area contributed by atoms with Gasteiger partial charge in [0, 0.05) is 0 Å². The average Bonchev–Trinajstić information content (AvgIpc) is 2.63. The van der Waals surface area contributed by atoms with Crippen LogP contribution in [0, 0.1) is 5.92 Å². The quantitative estimate of drug-likeness (QED) is 0.233. The predicted octanol–water partition coefficient (Wildman–Crippen LogP) is 7.33. The van der Waals surface area contributed by atoms with Crippen molar-refractivity contribution in [3.8, 4) is 0 Å². The molecule has 1 aliphatic carbocycles. The molecular weight excluding hydrogens is 399 g/mol. The van der Waals surface area contributed by atoms with Crippen molar-refractivity contribution in [2.45, 2.75) is 115 Å². The van der Waals surface area contributed by atoms with E-state index in [2.05, 4.69) is 32.9 Å². The molecule has 24 heavy (non-hydrogen) atoms. The van der Waals surface area contributed by atoms with Gasteiger partial charge in [-0.3, -0.25) is 0 Å². The summed E-state index contributed by atoms with van der Waals surface area (Å²) < 4.78 is 6.12. The fourth-order valence-corrected chi connectivity index (χ4v) is 19.6. The number of aliphatic hydroxyl groups is 1. The number of aliphatic hydroxyl groups excluding tert-OH is 1. The van der Waals surface area contributed by atoms with Gasteiger partial charge >= 0.3 is 157 Å². The summed E-state index contributed by atoms with van der Waals surface area (Å²) in [4.78, 5) is 0. The molecule has 1 unspecified atom stereocenters. The number of hydrogen-bond acceptors (Lipinski definition) is 1. The van der Waals surface area contributed by atoms with Gasteiger partial charge in [-0.25, -0.2) is 0 Å². The van der Waals surface area contributed by atoms with Crippen molar-refractivity contribution in [2.24, 2.45) is 5.92 Å². The van der Waals surface area contributed by atoms with Crippen molar-refractivity contribution < 1.29 is 5.11 Å². The SMILES string of the molecule is CCC[CH2][Sn]([CH2]/C=C/C(O)C1CCCCC1)([CH2]CCC)[CH2]CCC. The van der Waals surface area contributed by atoms with Gasteiger partial charge in [-0.15, -0.1) is 0 Å². The molecule has 1 N–H and O–H groups in total. The van der Waals surface area contributed by atoms with E-state index >= 15 is 0 Å². The van der Waals surface area contributed by atoms with E-state index in [1.165, 1.54) is 75.1 Å². The zero-order valence-electron chi connectivity index (χ0n) is 16.9. The van der Waals surface area contributed by atoms with Crippen LogP contribution < -0.4 is 0 Å². The van der Waals surface area contributed by atoms with Crippen molar-refractivity contribution in [1.82, 2.24) is 0 Å². The molecule has 1 fully saturated rings. The molecule has 142 valence electrons. The van der Waals surface area contributed by atoms with Gasteiger partial charge in [0.05, 0.1) is 0 Å². The predicted molar refractivity (Wildman–Crippen MR) is 111 cm³/mol. The molecular formula is C22H44OSn. The van der Waals surface area contributed by atoms with Gasteiger partial charge in [0.2, 0.25) is 0 Å². The van der Waals surface area contributed by atoms with Gasteiger partial charge in [0.25, 0.3) is 0 Å². The summed E-state index contributed by atoms with van der Waals surface area (Å²) in [6.07, 6.45) is 19.4. The molecule has 0 saturated heterocycles. The Morgan fingerprint density at radius 1 is 0.875 bits per heavy atom. The summed E-state index contributed by atoms with van der Waals surface area (Å²) in [5.74, 6) is 0.543. The molecule has 1 atom stereocenters. The van der Waals surface area contributed by atoms with E-state index in [9.17, 15) is 5.11 Å². The van der Waals surface area contributed by atoms with Gasteiger partial charge in [-0.2, -0.15) is 0 Å². The van der Waals surface area contributed by atoms with Crippen LogP contribution in [0.5, 0.6) is 0 Å². The van der Waals surface area contributed by atoms with Gasteiger partial charge in [-0.1, -0.05) is 0 Å². The Morgan fingerprint density at radius 2 is 1.38 bits per heavy atom. The van der Waals surface area contributed by atoms with Gasteiger partial charge in [0.1, 0.15) is 0 Å². The first-order valence-electron chi connectivity index (χ1n) is 11.0. The van der Waals surface area contributed by atoms with Crippen molar-refractivity contribution >= 4 is 18.4 Å². The maximum absolute atomic E-state index is 10.5. The third kappa shape index (κ3) is 8.74. The van der Waals surface area contributed by atoms with Gasteiger partial charge < -0.3 is 0 Å². The number of hydrogen-bond donors (Lipinski definition) is 1. The van der Waals surface area contributed by atoms with Crippen molar-refractivity contribution in [1.29, 1.82) is 0 Å². The van der Waals surface area contributed by atoms with Crippen LogP contribution in [0.15, 0.2) is 12.2 Å². The summed E-state index contributed by atoms with van der Waals surface area (Å²) in [5, 5.41) is 10.5. The first kappa shape index (κ1) is 22.5. The molecule has 0 aliphatic heterocycles. The van der Waals surface area contributed by atoms with Crippen LogP contribution in [0.1, 0.15) is 91.4 Å². The minimum absolute atomic E-state index is 0.169. The molecule has 0 bridgehead atoms. The Kier molecular flexibility index (Phi) is 12.8. The van der Waals surface area contributed by atoms with E-state index in [0.29, 0.717) is 5.92 Å². The fourth-order valence-electron chi connectivity index (χ4n) is 4.43. The second kappa shape index (κ2) is 13.7. The van der Waals surface area contributed by atoms with Crippen molar-refractivity contribution in [3.63, 3.8) is 0 Å². The van der Waals surface area contributed by atoms with Crippen molar-refractivity contribution in [2.75, 3.05) is 0 Å². The van der Waals surface area contributed by atoms with E-state index in [1.807, 2.05) is 0 Å². The van der Waals surface area contributed by atoms with Crippen LogP contribution in [0.25, 0.3) is 0 Å². The fraction of sp³-hybridized carbons (Fsp3) is 0.909. The number of unbranched alkanes of at least 4 members (excludes halogenated alkanes) is 3. The minimum atomic E-state index is -2.02. The molecule has 0 amide bonds. The van der Waals surface area contributed by atoms with E-state index in [0.717, 1.165) is 0 Å². The van der Waals surface area contributed by atoms with E-state index in [-0.39, 0.29) is 6.10 Å². The van der Waals surface area contributed by atoms with Crippen LogP contribution >= 0.6 is 0 Å². The normalized spacial score (nSPS) is 18.3. The van der Waals surface area contributed by atoms with E-state index in [4.69, 9.17) is 0 Å². The van der Waals surface area contributed by atoms with Crippen LogP contribution in [0.4, 0.5) is 0 Å². The third-order valence-electron chi connectivity index (χ3n) is 6.20. The zero-order valence-corrected chi connectivity index (χ0v) is 19.7. The zero-order chi connectivity index (χ0) is 17.7. The van der Waals surface area contributed by atoms with E-state index in [1.54, 1.807) is 13.3 Å². The summed E-state index contributed by atoms with van der Waals surface area (Å²) in [5.41, 5.74) is 0. The Labute approximate surface area is 156 Å². The Hall–Kier alpha value is 0.499. The molecule has 0 aromatic heterocycles. The van der Waals surface area contributed by atoms with Gasteiger partial charge in [-0.05, 0) is 0 Å². The molecule has 0 spiro atoms.